The SMILES string of the molecule is COCC(O)CCNC(=O)NCc1cccc(C(F)(F)F)c1. The maximum absolute atomic E-state index is 12.5. The molecular weight excluding hydrogens is 301 g/mol. The molecule has 0 saturated carbocycles. The van der Waals surface area contributed by atoms with Crippen molar-refractivity contribution in [2.24, 2.45) is 0 Å². The van der Waals surface area contributed by atoms with Gasteiger partial charge >= 0.3 is 12.2 Å². The highest BCUT2D eigenvalue weighted by molar-refractivity contribution is 5.73. The van der Waals surface area contributed by atoms with Crippen LogP contribution in [0, 0.1) is 0 Å². The zero-order valence-corrected chi connectivity index (χ0v) is 12.1. The van der Waals surface area contributed by atoms with Gasteiger partial charge in [-0.1, -0.05) is 12.1 Å². The summed E-state index contributed by atoms with van der Waals surface area (Å²) in [5.74, 6) is 0. The summed E-state index contributed by atoms with van der Waals surface area (Å²) >= 11 is 0. The number of hydrogen-bond donors (Lipinski definition) is 3. The van der Waals surface area contributed by atoms with Crippen molar-refractivity contribution in [1.82, 2.24) is 10.6 Å². The number of methoxy groups -OCH3 is 1. The molecule has 0 aliphatic heterocycles. The van der Waals surface area contributed by atoms with Crippen molar-refractivity contribution in [3.8, 4) is 0 Å². The van der Waals surface area contributed by atoms with Gasteiger partial charge in [0.25, 0.3) is 0 Å². The average Bonchev–Trinajstić information content (AvgIpc) is 2.45. The molecule has 0 spiro atoms. The minimum Gasteiger partial charge on any atom is -0.391 e. The number of carbonyl (C=O) groups is 1. The first-order chi connectivity index (χ1) is 10.3. The van der Waals surface area contributed by atoms with Crippen molar-refractivity contribution in [3.05, 3.63) is 35.4 Å². The average molecular weight is 320 g/mol. The molecular formula is C14H19F3N2O3. The Morgan fingerprint density at radius 1 is 1.36 bits per heavy atom. The number of halogens is 3. The molecule has 8 heteroatoms. The van der Waals surface area contributed by atoms with Gasteiger partial charge in [0.15, 0.2) is 0 Å². The largest absolute Gasteiger partial charge is 0.416 e. The number of aliphatic hydroxyl groups is 1. The topological polar surface area (TPSA) is 70.6 Å². The molecule has 0 aliphatic rings. The number of benzene rings is 1. The number of amides is 2. The zero-order valence-electron chi connectivity index (χ0n) is 12.1. The molecule has 3 N–H and O–H groups in total. The third-order valence-corrected chi connectivity index (χ3v) is 2.83. The van der Waals surface area contributed by atoms with Crippen molar-refractivity contribution in [3.63, 3.8) is 0 Å². The Kier molecular flexibility index (Phi) is 7.13. The summed E-state index contributed by atoms with van der Waals surface area (Å²) in [6.07, 6.45) is -4.76. The maximum atomic E-state index is 12.5. The van der Waals surface area contributed by atoms with Crippen molar-refractivity contribution in [1.29, 1.82) is 0 Å². The Hall–Kier alpha value is -1.80. The van der Waals surface area contributed by atoms with Crippen LogP contribution in [0.25, 0.3) is 0 Å². The summed E-state index contributed by atoms with van der Waals surface area (Å²) in [6.45, 7) is 0.392. The van der Waals surface area contributed by atoms with Crippen molar-refractivity contribution in [2.45, 2.75) is 25.2 Å². The van der Waals surface area contributed by atoms with Crippen LogP contribution < -0.4 is 10.6 Å². The maximum Gasteiger partial charge on any atom is 0.416 e. The van der Waals surface area contributed by atoms with E-state index in [0.717, 1.165) is 12.1 Å². The minimum absolute atomic E-state index is 0.0175. The molecule has 0 radical (unpaired) electrons. The quantitative estimate of drug-likeness (QED) is 0.719. The van der Waals surface area contributed by atoms with E-state index in [-0.39, 0.29) is 19.7 Å². The number of rotatable bonds is 7. The molecule has 0 bridgehead atoms. The molecule has 0 aromatic heterocycles. The predicted molar refractivity (Wildman–Crippen MR) is 74.2 cm³/mol. The number of hydrogen-bond acceptors (Lipinski definition) is 3. The molecule has 1 unspecified atom stereocenters. The van der Waals surface area contributed by atoms with E-state index < -0.39 is 23.9 Å². The molecule has 1 aromatic carbocycles. The molecule has 1 rings (SSSR count). The van der Waals surface area contributed by atoms with Gasteiger partial charge in [0, 0.05) is 20.2 Å². The fraction of sp³-hybridized carbons (Fsp3) is 0.500. The van der Waals surface area contributed by atoms with Crippen LogP contribution in [0.3, 0.4) is 0 Å². The molecule has 124 valence electrons. The highest BCUT2D eigenvalue weighted by Gasteiger charge is 2.30. The van der Waals surface area contributed by atoms with Crippen LogP contribution in [0.15, 0.2) is 24.3 Å². The van der Waals surface area contributed by atoms with Crippen molar-refractivity contribution < 1.29 is 27.8 Å². The van der Waals surface area contributed by atoms with Crippen LogP contribution in [-0.2, 0) is 17.5 Å². The molecule has 22 heavy (non-hydrogen) atoms. The van der Waals surface area contributed by atoms with Crippen LogP contribution in [-0.4, -0.2) is 37.5 Å². The Bertz CT molecular complexity index is 481. The number of alkyl halides is 3. The second-order valence-electron chi connectivity index (χ2n) is 4.71. The number of nitrogens with one attached hydrogen (secondary N) is 2. The zero-order chi connectivity index (χ0) is 16.6. The molecule has 0 heterocycles. The Labute approximate surface area is 126 Å². The van der Waals surface area contributed by atoms with E-state index in [9.17, 15) is 23.1 Å². The minimum atomic E-state index is -4.41. The summed E-state index contributed by atoms with van der Waals surface area (Å²) in [6, 6.07) is 4.24. The van der Waals surface area contributed by atoms with Gasteiger partial charge in [-0.3, -0.25) is 0 Å². The van der Waals surface area contributed by atoms with Crippen LogP contribution in [0.1, 0.15) is 17.5 Å². The molecule has 5 nitrogen and oxygen atoms in total. The first-order valence-electron chi connectivity index (χ1n) is 6.67. The summed E-state index contributed by atoms with van der Waals surface area (Å²) in [5, 5.41) is 14.3. The van der Waals surface area contributed by atoms with Gasteiger partial charge in [-0.05, 0) is 24.1 Å². The van der Waals surface area contributed by atoms with Crippen LogP contribution in [0.4, 0.5) is 18.0 Å². The predicted octanol–water partition coefficient (Wildman–Crippen LogP) is 1.90. The van der Waals surface area contributed by atoms with Crippen molar-refractivity contribution >= 4 is 6.03 Å². The number of urea groups is 1. The summed E-state index contributed by atoms with van der Waals surface area (Å²) in [4.78, 5) is 11.5. The van der Waals surface area contributed by atoms with Gasteiger partial charge in [0.1, 0.15) is 0 Å². The molecule has 0 fully saturated rings. The van der Waals surface area contributed by atoms with Crippen LogP contribution in [0.5, 0.6) is 0 Å². The van der Waals surface area contributed by atoms with Gasteiger partial charge < -0.3 is 20.5 Å². The number of carbonyl (C=O) groups excluding carboxylic acids is 1. The fourth-order valence-electron chi connectivity index (χ4n) is 1.73. The van der Waals surface area contributed by atoms with E-state index in [2.05, 4.69) is 10.6 Å². The Balaban J connectivity index is 2.35. The van der Waals surface area contributed by atoms with E-state index in [1.807, 2.05) is 0 Å². The monoisotopic (exact) mass is 320 g/mol. The lowest BCUT2D eigenvalue weighted by molar-refractivity contribution is -0.137. The molecule has 0 aliphatic carbocycles. The van der Waals surface area contributed by atoms with Crippen molar-refractivity contribution in [2.75, 3.05) is 20.3 Å². The molecule has 1 aromatic rings. The van der Waals surface area contributed by atoms with Gasteiger partial charge in [0.05, 0.1) is 18.3 Å². The smallest absolute Gasteiger partial charge is 0.391 e. The summed E-state index contributed by atoms with van der Waals surface area (Å²) in [5.41, 5.74) is -0.403. The lowest BCUT2D eigenvalue weighted by Gasteiger charge is -2.12. The normalized spacial score (nSPS) is 12.8. The molecule has 1 atom stereocenters. The summed E-state index contributed by atoms with van der Waals surface area (Å²) < 4.78 is 42.3. The second kappa shape index (κ2) is 8.60. The van der Waals surface area contributed by atoms with E-state index in [1.54, 1.807) is 0 Å². The molecule has 2 amide bonds. The van der Waals surface area contributed by atoms with Gasteiger partial charge in [0.2, 0.25) is 0 Å². The third-order valence-electron chi connectivity index (χ3n) is 2.83. The van der Waals surface area contributed by atoms with E-state index in [0.29, 0.717) is 12.0 Å². The summed E-state index contributed by atoms with van der Waals surface area (Å²) in [7, 11) is 1.46. The Morgan fingerprint density at radius 2 is 2.09 bits per heavy atom. The molecule has 0 saturated heterocycles. The first-order valence-corrected chi connectivity index (χ1v) is 6.67. The van der Waals surface area contributed by atoms with E-state index in [1.165, 1.54) is 19.2 Å². The standard InChI is InChI=1S/C14H19F3N2O3/c1-22-9-12(20)5-6-18-13(21)19-8-10-3-2-4-11(7-10)14(15,16)17/h2-4,7,12,20H,5-6,8-9H2,1H3,(H2,18,19,21). The number of aliphatic hydroxyl groups excluding tert-OH is 1. The lowest BCUT2D eigenvalue weighted by atomic mass is 10.1. The highest BCUT2D eigenvalue weighted by Crippen LogP contribution is 2.29. The van der Waals surface area contributed by atoms with Crippen LogP contribution in [0.2, 0.25) is 0 Å². The number of ether oxygens (including phenoxy) is 1. The first kappa shape index (κ1) is 18.2. The Morgan fingerprint density at radius 3 is 2.73 bits per heavy atom. The fourth-order valence-corrected chi connectivity index (χ4v) is 1.73. The highest BCUT2D eigenvalue weighted by atomic mass is 19.4. The van der Waals surface area contributed by atoms with Crippen LogP contribution >= 0.6 is 0 Å². The van der Waals surface area contributed by atoms with Gasteiger partial charge in [-0.25, -0.2) is 4.79 Å². The third kappa shape index (κ3) is 6.77. The lowest BCUT2D eigenvalue weighted by Crippen LogP contribution is -2.37. The van der Waals surface area contributed by atoms with Gasteiger partial charge in [-0.15, -0.1) is 0 Å². The van der Waals surface area contributed by atoms with E-state index in [4.69, 9.17) is 4.74 Å². The van der Waals surface area contributed by atoms with Gasteiger partial charge in [-0.2, -0.15) is 13.2 Å². The second-order valence-corrected chi connectivity index (χ2v) is 4.71. The van der Waals surface area contributed by atoms with E-state index >= 15 is 0 Å².